The van der Waals surface area contributed by atoms with Crippen LogP contribution in [0.3, 0.4) is 0 Å². The molecule has 14 nitrogen and oxygen atoms in total. The minimum absolute atomic E-state index is 0.425. The Morgan fingerprint density at radius 3 is 2.29 bits per heavy atom. The quantitative estimate of drug-likeness (QED) is 0.0694. The number of carbonyl (C=O) groups is 1. The zero-order valence-electron chi connectivity index (χ0n) is 29.3. The lowest BCUT2D eigenvalue weighted by Gasteiger charge is -2.25. The number of nitrogen functional groups attached to an aromatic ring is 1. The number of H-pyrrole nitrogens is 1. The second-order valence-electron chi connectivity index (χ2n) is 12.0. The number of aromatic amines is 1. The standard InChI is InChI=1S/C23H22N8.C13H25BO6/c1-30-7-5-15-8-14(2-3-17(15)12-30)11-31-23-19(21(24)27-13-28-23)20(29-31)18-9-16-4-6-25-22(16)26-10-18;14-2-5-17-7-9-19-11-13-20-12-10-18-8-6-16-4-1-3-15/h2-4,6,8-10,13H,5,7,11-12H2,1H3,(H,25,26)(H2,24,27,28);3H,1-2,4-13H2. The van der Waals surface area contributed by atoms with Crippen LogP contribution in [0.5, 0.6) is 0 Å². The van der Waals surface area contributed by atoms with E-state index in [4.69, 9.17) is 42.4 Å². The molecule has 1 aliphatic heterocycles. The van der Waals surface area contributed by atoms with Crippen molar-refractivity contribution in [1.82, 2.24) is 34.6 Å². The second-order valence-corrected chi connectivity index (χ2v) is 12.0. The van der Waals surface area contributed by atoms with Crippen molar-refractivity contribution in [3.63, 3.8) is 0 Å². The summed E-state index contributed by atoms with van der Waals surface area (Å²) < 4.78 is 28.1. The number of carbonyl (C=O) groups excluding carboxylic acids is 1. The number of benzene rings is 1. The van der Waals surface area contributed by atoms with Crippen LogP contribution in [0.15, 0.2) is 49.1 Å². The summed E-state index contributed by atoms with van der Waals surface area (Å²) in [7, 11) is 7.43. The Bertz CT molecular complexity index is 1800. The normalized spacial score (nSPS) is 13.0. The van der Waals surface area contributed by atoms with E-state index < -0.39 is 0 Å². The van der Waals surface area contributed by atoms with Gasteiger partial charge in [-0.1, -0.05) is 24.5 Å². The van der Waals surface area contributed by atoms with E-state index in [1.165, 1.54) is 23.0 Å². The van der Waals surface area contributed by atoms with Crippen LogP contribution < -0.4 is 5.73 Å². The average Bonchev–Trinajstić information content (AvgIpc) is 3.77. The molecule has 6 rings (SSSR count). The van der Waals surface area contributed by atoms with Crippen LogP contribution in [0.25, 0.3) is 33.3 Å². The molecule has 5 heterocycles. The predicted octanol–water partition coefficient (Wildman–Crippen LogP) is 3.23. The molecule has 5 aromatic rings. The Hall–Kier alpha value is -4.25. The van der Waals surface area contributed by atoms with E-state index in [1.54, 1.807) is 0 Å². The monoisotopic (exact) mass is 698 g/mol. The maximum atomic E-state index is 10.0. The minimum Gasteiger partial charge on any atom is -0.383 e. The molecule has 0 unspecified atom stereocenters. The van der Waals surface area contributed by atoms with Gasteiger partial charge in [-0.15, -0.1) is 0 Å². The molecule has 0 fully saturated rings. The summed E-state index contributed by atoms with van der Waals surface area (Å²) in [6.07, 6.45) is 8.06. The maximum absolute atomic E-state index is 10.0. The number of fused-ring (bicyclic) bond motifs is 3. The molecule has 0 bridgehead atoms. The third kappa shape index (κ3) is 11.4. The highest BCUT2D eigenvalue weighted by atomic mass is 16.6. The van der Waals surface area contributed by atoms with Crippen LogP contribution >= 0.6 is 0 Å². The van der Waals surface area contributed by atoms with Crippen molar-refractivity contribution >= 4 is 42.0 Å². The van der Waals surface area contributed by atoms with Crippen LogP contribution in [-0.4, -0.2) is 128 Å². The van der Waals surface area contributed by atoms with Crippen molar-refractivity contribution in [2.45, 2.75) is 32.3 Å². The molecule has 0 spiro atoms. The Morgan fingerprint density at radius 1 is 0.882 bits per heavy atom. The van der Waals surface area contributed by atoms with Gasteiger partial charge in [0.2, 0.25) is 0 Å². The Morgan fingerprint density at radius 2 is 1.59 bits per heavy atom. The third-order valence-electron chi connectivity index (χ3n) is 8.17. The van der Waals surface area contributed by atoms with Crippen molar-refractivity contribution < 1.29 is 28.5 Å². The number of pyridine rings is 1. The lowest BCUT2D eigenvalue weighted by molar-refractivity contribution is -0.108. The first kappa shape index (κ1) is 38.0. The number of nitrogens with two attached hydrogens (primary N) is 1. The summed E-state index contributed by atoms with van der Waals surface area (Å²) in [5.41, 5.74) is 13.5. The highest BCUT2D eigenvalue weighted by Gasteiger charge is 2.19. The van der Waals surface area contributed by atoms with Gasteiger partial charge in [-0.2, -0.15) is 5.10 Å². The molecule has 270 valence electrons. The summed E-state index contributed by atoms with van der Waals surface area (Å²) in [5.74, 6) is 0.425. The van der Waals surface area contributed by atoms with E-state index in [0.29, 0.717) is 91.2 Å². The summed E-state index contributed by atoms with van der Waals surface area (Å²) in [6, 6.07) is 10.8. The molecule has 1 aliphatic rings. The van der Waals surface area contributed by atoms with Gasteiger partial charge in [0.05, 0.1) is 79.2 Å². The van der Waals surface area contributed by atoms with Crippen LogP contribution in [0.2, 0.25) is 6.32 Å². The zero-order valence-corrected chi connectivity index (χ0v) is 29.3. The van der Waals surface area contributed by atoms with Gasteiger partial charge in [-0.05, 0) is 42.3 Å². The molecular formula is C36H47BN8O6. The number of likely N-dealkylation sites (N-methyl/N-ethyl adjacent to an activating group) is 1. The van der Waals surface area contributed by atoms with Gasteiger partial charge in [0.1, 0.15) is 29.8 Å². The highest BCUT2D eigenvalue weighted by molar-refractivity contribution is 6.08. The fraction of sp³-hybridized carbons (Fsp3) is 0.472. The van der Waals surface area contributed by atoms with Crippen molar-refractivity contribution in [1.29, 1.82) is 0 Å². The molecule has 51 heavy (non-hydrogen) atoms. The first-order valence-corrected chi connectivity index (χ1v) is 17.3. The summed E-state index contributed by atoms with van der Waals surface area (Å²) >= 11 is 0. The maximum Gasteiger partial charge on any atom is 0.164 e. The van der Waals surface area contributed by atoms with Crippen molar-refractivity contribution in [2.75, 3.05) is 85.4 Å². The lowest BCUT2D eigenvalue weighted by atomic mass is 9.97. The number of hydrogen-bond acceptors (Lipinski definition) is 12. The Balaban J connectivity index is 0.000000221. The van der Waals surface area contributed by atoms with E-state index in [0.717, 1.165) is 59.1 Å². The molecular weight excluding hydrogens is 651 g/mol. The minimum atomic E-state index is 0.425. The SMILES string of the molecule is CN1CCc2cc(Cn3nc(-c4cnc5[nH]ccc5c4)c4c(N)ncnc43)ccc2C1.[B]CCOCCOCCOCCOCCOCCC=O. The molecule has 0 aliphatic carbocycles. The van der Waals surface area contributed by atoms with Crippen LogP contribution in [0, 0.1) is 0 Å². The molecule has 0 saturated heterocycles. The van der Waals surface area contributed by atoms with Crippen molar-refractivity contribution in [3.05, 3.63) is 65.7 Å². The number of nitrogens with one attached hydrogen (secondary N) is 1. The van der Waals surface area contributed by atoms with Crippen LogP contribution in [0.4, 0.5) is 5.82 Å². The molecule has 3 N–H and O–H groups in total. The Labute approximate surface area is 299 Å². The zero-order chi connectivity index (χ0) is 35.7. The summed E-state index contributed by atoms with van der Waals surface area (Å²) in [6.45, 7) is 7.99. The summed E-state index contributed by atoms with van der Waals surface area (Å²) in [4.78, 5) is 28.7. The molecule has 0 amide bonds. The number of hydrogen-bond donors (Lipinski definition) is 2. The van der Waals surface area contributed by atoms with Crippen molar-refractivity contribution in [3.8, 4) is 11.3 Å². The van der Waals surface area contributed by atoms with Crippen LogP contribution in [-0.2, 0) is 48.0 Å². The number of nitrogens with zero attached hydrogens (tertiary/aromatic N) is 6. The molecule has 2 radical (unpaired) electrons. The largest absolute Gasteiger partial charge is 0.383 e. The summed E-state index contributed by atoms with van der Waals surface area (Å²) in [5, 5.41) is 6.69. The molecule has 0 atom stereocenters. The van der Waals surface area contributed by atoms with E-state index in [-0.39, 0.29) is 0 Å². The number of aromatic nitrogens is 6. The van der Waals surface area contributed by atoms with Gasteiger partial charge in [0.15, 0.2) is 5.65 Å². The highest BCUT2D eigenvalue weighted by Crippen LogP contribution is 2.31. The first-order valence-electron chi connectivity index (χ1n) is 17.3. The van der Waals surface area contributed by atoms with E-state index in [1.807, 2.05) is 23.1 Å². The third-order valence-corrected chi connectivity index (χ3v) is 8.17. The molecule has 4 aromatic heterocycles. The number of aldehydes is 1. The van der Waals surface area contributed by atoms with Gasteiger partial charge in [0.25, 0.3) is 0 Å². The molecule has 0 saturated carbocycles. The van der Waals surface area contributed by atoms with Gasteiger partial charge >= 0.3 is 0 Å². The molecule has 15 heteroatoms. The van der Waals surface area contributed by atoms with Crippen LogP contribution in [0.1, 0.15) is 23.1 Å². The van der Waals surface area contributed by atoms with Gasteiger partial charge in [-0.3, -0.25) is 0 Å². The van der Waals surface area contributed by atoms with E-state index >= 15 is 0 Å². The number of rotatable bonds is 20. The fourth-order valence-corrected chi connectivity index (χ4v) is 5.63. The first-order chi connectivity index (χ1) is 25.1. The van der Waals surface area contributed by atoms with Gasteiger partial charge in [0, 0.05) is 49.5 Å². The van der Waals surface area contributed by atoms with Gasteiger partial charge in [-0.25, -0.2) is 19.6 Å². The Kier molecular flexibility index (Phi) is 15.3. The molecule has 1 aromatic carbocycles. The smallest absolute Gasteiger partial charge is 0.164 e. The predicted molar refractivity (Wildman–Crippen MR) is 196 cm³/mol. The van der Waals surface area contributed by atoms with Crippen molar-refractivity contribution in [2.24, 2.45) is 0 Å². The fourth-order valence-electron chi connectivity index (χ4n) is 5.63. The number of anilines is 1. The van der Waals surface area contributed by atoms with Gasteiger partial charge < -0.3 is 44.1 Å². The second kappa shape index (κ2) is 20.6. The van der Waals surface area contributed by atoms with E-state index in [2.05, 4.69) is 56.1 Å². The average molecular weight is 699 g/mol. The van der Waals surface area contributed by atoms with E-state index in [9.17, 15) is 4.79 Å². The lowest BCUT2D eigenvalue weighted by Crippen LogP contribution is -2.26. The number of ether oxygens (including phenoxy) is 5. The topological polar surface area (TPSA) is 165 Å².